The normalized spacial score (nSPS) is 12.6. The van der Waals surface area contributed by atoms with Gasteiger partial charge in [0.15, 0.2) is 0 Å². The summed E-state index contributed by atoms with van der Waals surface area (Å²) in [6, 6.07) is 9.03. The molecule has 3 nitrogen and oxygen atoms in total. The molecule has 1 N–H and O–H groups in total. The van der Waals surface area contributed by atoms with Crippen molar-refractivity contribution in [3.63, 3.8) is 0 Å². The highest BCUT2D eigenvalue weighted by molar-refractivity contribution is 5.31. The van der Waals surface area contributed by atoms with Crippen LogP contribution in [-0.2, 0) is 19.4 Å². The zero-order chi connectivity index (χ0) is 15.4. The maximum Gasteiger partial charge on any atom is 0.0672 e. The van der Waals surface area contributed by atoms with Gasteiger partial charge in [0.2, 0.25) is 0 Å². The molecule has 0 amide bonds. The molecule has 21 heavy (non-hydrogen) atoms. The van der Waals surface area contributed by atoms with Crippen LogP contribution in [0.15, 0.2) is 24.3 Å². The van der Waals surface area contributed by atoms with Crippen molar-refractivity contribution >= 4 is 0 Å². The first kappa shape index (κ1) is 15.8. The number of nitrogens with zero attached hydrogens (tertiary/aromatic N) is 2. The van der Waals surface area contributed by atoms with E-state index in [2.05, 4.69) is 62.0 Å². The van der Waals surface area contributed by atoms with Crippen LogP contribution in [0.25, 0.3) is 0 Å². The summed E-state index contributed by atoms with van der Waals surface area (Å²) in [5.74, 6) is 0. The zero-order valence-electron chi connectivity index (χ0n) is 13.9. The third-order valence-corrected chi connectivity index (χ3v) is 4.13. The number of hydrogen-bond donors (Lipinski definition) is 1. The van der Waals surface area contributed by atoms with Crippen LogP contribution in [0.1, 0.15) is 54.9 Å². The van der Waals surface area contributed by atoms with Crippen LogP contribution in [0.4, 0.5) is 0 Å². The molecule has 2 aromatic rings. The molecule has 1 unspecified atom stereocenters. The summed E-state index contributed by atoms with van der Waals surface area (Å²) in [5, 5.41) is 8.23. The molecule has 1 heterocycles. The molecule has 0 saturated carbocycles. The average molecular weight is 285 g/mol. The molecule has 0 aliphatic carbocycles. The number of aromatic nitrogens is 2. The number of hydrogen-bond acceptors (Lipinski definition) is 2. The molecule has 3 heteroatoms. The van der Waals surface area contributed by atoms with E-state index in [4.69, 9.17) is 5.10 Å². The number of nitrogens with one attached hydrogen (secondary N) is 1. The summed E-state index contributed by atoms with van der Waals surface area (Å²) in [6.45, 7) is 9.61. The molecule has 2 rings (SSSR count). The largest absolute Gasteiger partial charge is 0.313 e. The van der Waals surface area contributed by atoms with Gasteiger partial charge >= 0.3 is 0 Å². The molecule has 0 radical (unpaired) electrons. The van der Waals surface area contributed by atoms with Crippen molar-refractivity contribution in [3.8, 4) is 0 Å². The lowest BCUT2D eigenvalue weighted by Gasteiger charge is -2.13. The van der Waals surface area contributed by atoms with Gasteiger partial charge in [0.1, 0.15) is 0 Å². The Bertz CT molecular complexity index is 599. The second-order valence-electron chi connectivity index (χ2n) is 5.67. The van der Waals surface area contributed by atoms with E-state index in [9.17, 15) is 0 Å². The minimum Gasteiger partial charge on any atom is -0.313 e. The van der Waals surface area contributed by atoms with E-state index in [0.717, 1.165) is 19.4 Å². The van der Waals surface area contributed by atoms with Crippen LogP contribution >= 0.6 is 0 Å². The molecule has 0 fully saturated rings. The lowest BCUT2D eigenvalue weighted by molar-refractivity contribution is 0.620. The van der Waals surface area contributed by atoms with Crippen molar-refractivity contribution in [2.24, 2.45) is 0 Å². The van der Waals surface area contributed by atoms with Crippen LogP contribution < -0.4 is 5.32 Å². The van der Waals surface area contributed by atoms with Gasteiger partial charge in [0.25, 0.3) is 0 Å². The van der Waals surface area contributed by atoms with Gasteiger partial charge in [-0.1, -0.05) is 43.7 Å². The topological polar surface area (TPSA) is 29.9 Å². The van der Waals surface area contributed by atoms with Gasteiger partial charge in [-0.2, -0.15) is 5.10 Å². The first-order valence-electron chi connectivity index (χ1n) is 7.91. The van der Waals surface area contributed by atoms with Crippen molar-refractivity contribution in [1.82, 2.24) is 15.1 Å². The molecule has 1 atom stereocenters. The minimum atomic E-state index is 0.348. The molecular weight excluding hydrogens is 258 g/mol. The van der Waals surface area contributed by atoms with E-state index < -0.39 is 0 Å². The van der Waals surface area contributed by atoms with Gasteiger partial charge in [-0.05, 0) is 39.3 Å². The van der Waals surface area contributed by atoms with Gasteiger partial charge in [-0.25, -0.2) is 0 Å². The van der Waals surface area contributed by atoms with Crippen molar-refractivity contribution < 1.29 is 0 Å². The van der Waals surface area contributed by atoms with E-state index in [-0.39, 0.29) is 0 Å². The maximum atomic E-state index is 4.87. The Morgan fingerprint density at radius 1 is 1.24 bits per heavy atom. The van der Waals surface area contributed by atoms with E-state index in [1.165, 1.54) is 28.1 Å². The lowest BCUT2D eigenvalue weighted by Crippen LogP contribution is -2.15. The maximum absolute atomic E-state index is 4.87. The third kappa shape index (κ3) is 3.35. The Hall–Kier alpha value is -1.61. The second kappa shape index (κ2) is 6.90. The predicted octanol–water partition coefficient (Wildman–Crippen LogP) is 3.65. The SMILES string of the molecule is CCc1nn(Cc2cccc(C)c2)c(CC)c1C(C)NC. The zero-order valence-corrected chi connectivity index (χ0v) is 13.9. The van der Waals surface area contributed by atoms with E-state index >= 15 is 0 Å². The Kier molecular flexibility index (Phi) is 5.18. The van der Waals surface area contributed by atoms with E-state index in [1.807, 2.05) is 7.05 Å². The summed E-state index contributed by atoms with van der Waals surface area (Å²) < 4.78 is 2.19. The number of aryl methyl sites for hydroxylation is 2. The molecular formula is C18H27N3. The Morgan fingerprint density at radius 2 is 2.00 bits per heavy atom. The van der Waals surface area contributed by atoms with E-state index in [1.54, 1.807) is 0 Å². The van der Waals surface area contributed by atoms with Crippen LogP contribution in [0.5, 0.6) is 0 Å². The lowest BCUT2D eigenvalue weighted by atomic mass is 10.0. The summed E-state index contributed by atoms with van der Waals surface area (Å²) in [7, 11) is 2.02. The van der Waals surface area contributed by atoms with Gasteiger partial charge < -0.3 is 5.32 Å². The third-order valence-electron chi connectivity index (χ3n) is 4.13. The fraction of sp³-hybridized carbons (Fsp3) is 0.500. The van der Waals surface area contributed by atoms with E-state index in [0.29, 0.717) is 6.04 Å². The molecule has 1 aromatic carbocycles. The van der Waals surface area contributed by atoms with Gasteiger partial charge in [0, 0.05) is 17.3 Å². The fourth-order valence-corrected chi connectivity index (χ4v) is 2.96. The summed E-state index contributed by atoms with van der Waals surface area (Å²) in [6.07, 6.45) is 2.00. The van der Waals surface area contributed by atoms with Crippen LogP contribution in [0.3, 0.4) is 0 Å². The molecule has 0 aliphatic rings. The Balaban J connectivity index is 2.41. The van der Waals surface area contributed by atoms with Gasteiger partial charge in [-0.15, -0.1) is 0 Å². The first-order chi connectivity index (χ1) is 10.1. The fourth-order valence-electron chi connectivity index (χ4n) is 2.96. The highest BCUT2D eigenvalue weighted by Gasteiger charge is 2.19. The summed E-state index contributed by atoms with van der Waals surface area (Å²) >= 11 is 0. The minimum absolute atomic E-state index is 0.348. The van der Waals surface area contributed by atoms with Crippen LogP contribution in [-0.4, -0.2) is 16.8 Å². The molecule has 114 valence electrons. The van der Waals surface area contributed by atoms with Crippen molar-refractivity contribution in [1.29, 1.82) is 0 Å². The standard InChI is InChI=1S/C18H27N3/c1-6-16-18(14(4)19-5)17(7-2)21(20-16)12-15-10-8-9-13(3)11-15/h8-11,14,19H,6-7,12H2,1-5H3. The highest BCUT2D eigenvalue weighted by atomic mass is 15.3. The molecule has 0 aliphatic heterocycles. The van der Waals surface area contributed by atoms with Crippen molar-refractivity contribution in [2.45, 2.75) is 53.1 Å². The Morgan fingerprint density at radius 3 is 2.57 bits per heavy atom. The van der Waals surface area contributed by atoms with Gasteiger partial charge in [-0.3, -0.25) is 4.68 Å². The average Bonchev–Trinajstić information content (AvgIpc) is 2.83. The van der Waals surface area contributed by atoms with Crippen molar-refractivity contribution in [3.05, 3.63) is 52.3 Å². The first-order valence-corrected chi connectivity index (χ1v) is 7.91. The molecule has 0 saturated heterocycles. The molecule has 0 spiro atoms. The quantitative estimate of drug-likeness (QED) is 0.878. The molecule has 1 aromatic heterocycles. The Labute approximate surface area is 128 Å². The van der Waals surface area contributed by atoms with Crippen LogP contribution in [0, 0.1) is 6.92 Å². The summed E-state index contributed by atoms with van der Waals surface area (Å²) in [5.41, 5.74) is 6.59. The van der Waals surface area contributed by atoms with Crippen molar-refractivity contribution in [2.75, 3.05) is 7.05 Å². The smallest absolute Gasteiger partial charge is 0.0672 e. The second-order valence-corrected chi connectivity index (χ2v) is 5.67. The molecule has 0 bridgehead atoms. The predicted molar refractivity (Wildman–Crippen MR) is 88.7 cm³/mol. The number of rotatable bonds is 6. The van der Waals surface area contributed by atoms with Crippen LogP contribution in [0.2, 0.25) is 0 Å². The monoisotopic (exact) mass is 285 g/mol. The van der Waals surface area contributed by atoms with Gasteiger partial charge in [0.05, 0.1) is 12.2 Å². The summed E-state index contributed by atoms with van der Waals surface area (Å²) in [4.78, 5) is 0. The number of benzene rings is 1. The highest BCUT2D eigenvalue weighted by Crippen LogP contribution is 2.24.